The maximum atomic E-state index is 13.0. The standard InChI is InChI=1S/C13H20F4OS/c1-8-3-10-4-9(2)6-12(5-8,7-10)18-19-13(16,17)11(14)15/h8-11H,3-7H2,1-2H3. The fourth-order valence-corrected chi connectivity index (χ4v) is 4.46. The minimum absolute atomic E-state index is 0.327. The molecule has 2 aliphatic rings. The lowest BCUT2D eigenvalue weighted by atomic mass is 9.63. The van der Waals surface area contributed by atoms with E-state index in [1.54, 1.807) is 0 Å². The van der Waals surface area contributed by atoms with Crippen molar-refractivity contribution >= 4 is 12.0 Å². The van der Waals surface area contributed by atoms with Crippen LogP contribution in [0, 0.1) is 17.8 Å². The molecule has 2 aliphatic carbocycles. The number of hydrogen-bond donors (Lipinski definition) is 0. The summed E-state index contributed by atoms with van der Waals surface area (Å²) in [5, 5.41) is -4.12. The van der Waals surface area contributed by atoms with Gasteiger partial charge in [0.15, 0.2) is 0 Å². The number of alkyl halides is 4. The maximum absolute atomic E-state index is 13.0. The van der Waals surface area contributed by atoms with Gasteiger partial charge in [-0.2, -0.15) is 8.78 Å². The topological polar surface area (TPSA) is 9.23 Å². The number of rotatable bonds is 4. The molecular weight excluding hydrogens is 280 g/mol. The second-order valence-corrected chi connectivity index (χ2v) is 7.25. The van der Waals surface area contributed by atoms with Crippen molar-refractivity contribution in [1.29, 1.82) is 0 Å². The molecule has 0 radical (unpaired) electrons. The van der Waals surface area contributed by atoms with E-state index in [9.17, 15) is 17.6 Å². The van der Waals surface area contributed by atoms with Crippen molar-refractivity contribution in [2.45, 2.75) is 63.2 Å². The van der Waals surface area contributed by atoms with Crippen LogP contribution >= 0.6 is 12.0 Å². The zero-order chi connectivity index (χ0) is 14.3. The second kappa shape index (κ2) is 5.43. The smallest absolute Gasteiger partial charge is 0.303 e. The van der Waals surface area contributed by atoms with E-state index < -0.39 is 17.3 Å². The summed E-state index contributed by atoms with van der Waals surface area (Å²) in [7, 11) is 0. The van der Waals surface area contributed by atoms with Gasteiger partial charge in [-0.15, -0.1) is 0 Å². The monoisotopic (exact) mass is 300 g/mol. The van der Waals surface area contributed by atoms with Gasteiger partial charge in [-0.25, -0.2) is 8.78 Å². The molecule has 0 spiro atoms. The number of hydrogen-bond acceptors (Lipinski definition) is 2. The fraction of sp³-hybridized carbons (Fsp3) is 1.00. The van der Waals surface area contributed by atoms with E-state index in [-0.39, 0.29) is 12.0 Å². The Hall–Kier alpha value is 0.0300. The first-order valence-electron chi connectivity index (χ1n) is 6.75. The first kappa shape index (κ1) is 15.4. The van der Waals surface area contributed by atoms with Crippen molar-refractivity contribution in [3.8, 4) is 0 Å². The van der Waals surface area contributed by atoms with Gasteiger partial charge in [0.1, 0.15) is 0 Å². The Morgan fingerprint density at radius 2 is 1.63 bits per heavy atom. The Bertz CT molecular complexity index is 304. The van der Waals surface area contributed by atoms with Gasteiger partial charge in [-0.3, -0.25) is 0 Å². The minimum Gasteiger partial charge on any atom is -0.303 e. The van der Waals surface area contributed by atoms with Gasteiger partial charge in [0.05, 0.1) is 17.6 Å². The highest BCUT2D eigenvalue weighted by Crippen LogP contribution is 2.52. The van der Waals surface area contributed by atoms with Crippen LogP contribution in [0.4, 0.5) is 17.6 Å². The first-order valence-corrected chi connectivity index (χ1v) is 7.49. The molecule has 0 amide bonds. The van der Waals surface area contributed by atoms with Gasteiger partial charge in [0.2, 0.25) is 0 Å². The molecule has 0 aliphatic heterocycles. The lowest BCUT2D eigenvalue weighted by Gasteiger charge is -2.49. The summed E-state index contributed by atoms with van der Waals surface area (Å²) in [4.78, 5) is 0. The molecule has 0 aromatic heterocycles. The SMILES string of the molecule is CC1CC2CC(C)CC(OSC(F)(F)C(F)F)(C1)C2. The second-order valence-electron chi connectivity index (χ2n) is 6.37. The van der Waals surface area contributed by atoms with Gasteiger partial charge in [0, 0.05) is 0 Å². The van der Waals surface area contributed by atoms with Crippen molar-refractivity contribution in [2.24, 2.45) is 17.8 Å². The Kier molecular flexibility index (Phi) is 4.41. The average Bonchev–Trinajstić information content (AvgIpc) is 2.24. The Labute approximate surface area is 115 Å². The maximum Gasteiger partial charge on any atom is 0.377 e. The molecule has 1 nitrogen and oxygen atoms in total. The first-order chi connectivity index (χ1) is 8.72. The van der Waals surface area contributed by atoms with E-state index >= 15 is 0 Å². The zero-order valence-electron chi connectivity index (χ0n) is 11.2. The molecule has 112 valence electrons. The summed E-state index contributed by atoms with van der Waals surface area (Å²) in [5.41, 5.74) is -0.636. The highest BCUT2D eigenvalue weighted by atomic mass is 32.2. The Balaban J connectivity index is 2.03. The number of halogens is 4. The van der Waals surface area contributed by atoms with Gasteiger partial charge < -0.3 is 4.18 Å². The van der Waals surface area contributed by atoms with Gasteiger partial charge in [0.25, 0.3) is 0 Å². The van der Waals surface area contributed by atoms with Gasteiger partial charge in [-0.05, 0) is 49.9 Å². The van der Waals surface area contributed by atoms with Crippen molar-refractivity contribution in [3.63, 3.8) is 0 Å². The summed E-state index contributed by atoms with van der Waals surface area (Å²) in [6.07, 6.45) is 0.608. The summed E-state index contributed by atoms with van der Waals surface area (Å²) in [6.45, 7) is 4.16. The molecule has 0 aromatic carbocycles. The lowest BCUT2D eigenvalue weighted by molar-refractivity contribution is -0.0821. The van der Waals surface area contributed by atoms with E-state index in [2.05, 4.69) is 13.8 Å². The van der Waals surface area contributed by atoms with Crippen LogP contribution in [0.3, 0.4) is 0 Å². The predicted octanol–water partition coefficient (Wildman–Crippen LogP) is 5.11. The summed E-state index contributed by atoms with van der Waals surface area (Å²) < 4.78 is 55.7. The molecule has 6 heteroatoms. The third-order valence-corrected chi connectivity index (χ3v) is 4.99. The van der Waals surface area contributed by atoms with Crippen LogP contribution < -0.4 is 0 Å². The van der Waals surface area contributed by atoms with Gasteiger partial charge in [-0.1, -0.05) is 13.8 Å². The third kappa shape index (κ3) is 3.57. The van der Waals surface area contributed by atoms with E-state index in [1.807, 2.05) is 0 Å². The molecule has 0 aromatic rings. The zero-order valence-corrected chi connectivity index (χ0v) is 12.0. The highest BCUT2D eigenvalue weighted by molar-refractivity contribution is 7.95. The minimum atomic E-state index is -4.12. The quantitative estimate of drug-likeness (QED) is 0.527. The van der Waals surface area contributed by atoms with Crippen molar-refractivity contribution < 1.29 is 21.7 Å². The largest absolute Gasteiger partial charge is 0.377 e. The van der Waals surface area contributed by atoms with Crippen LogP contribution in [0.2, 0.25) is 0 Å². The molecule has 2 rings (SSSR count). The predicted molar refractivity (Wildman–Crippen MR) is 67.3 cm³/mol. The lowest BCUT2D eigenvalue weighted by Crippen LogP contribution is -2.46. The molecule has 2 atom stereocenters. The highest BCUT2D eigenvalue weighted by Gasteiger charge is 2.50. The molecule has 2 fully saturated rings. The Morgan fingerprint density at radius 1 is 1.11 bits per heavy atom. The summed E-state index contributed by atoms with van der Waals surface area (Å²) in [6, 6.07) is 0. The molecular formula is C13H20F4OS. The van der Waals surface area contributed by atoms with E-state index in [0.29, 0.717) is 30.6 Å². The van der Waals surface area contributed by atoms with Crippen LogP contribution in [0.1, 0.15) is 46.0 Å². The molecule has 2 bridgehead atoms. The molecule has 0 heterocycles. The molecule has 2 unspecified atom stereocenters. The summed E-state index contributed by atoms with van der Waals surface area (Å²) >= 11 is -0.327. The van der Waals surface area contributed by atoms with E-state index in [4.69, 9.17) is 4.18 Å². The molecule has 19 heavy (non-hydrogen) atoms. The van der Waals surface area contributed by atoms with Crippen LogP contribution in [-0.2, 0) is 4.18 Å². The van der Waals surface area contributed by atoms with Crippen molar-refractivity contribution in [1.82, 2.24) is 0 Å². The normalized spacial score (nSPS) is 39.6. The van der Waals surface area contributed by atoms with E-state index in [0.717, 1.165) is 19.3 Å². The van der Waals surface area contributed by atoms with E-state index in [1.165, 1.54) is 0 Å². The van der Waals surface area contributed by atoms with Crippen molar-refractivity contribution in [3.05, 3.63) is 0 Å². The molecule has 0 saturated heterocycles. The van der Waals surface area contributed by atoms with Gasteiger partial charge >= 0.3 is 11.7 Å². The van der Waals surface area contributed by atoms with Crippen LogP contribution in [0.15, 0.2) is 0 Å². The number of fused-ring (bicyclic) bond motifs is 2. The molecule has 0 N–H and O–H groups in total. The average molecular weight is 300 g/mol. The fourth-order valence-electron chi connectivity index (χ4n) is 3.90. The van der Waals surface area contributed by atoms with Crippen molar-refractivity contribution in [2.75, 3.05) is 0 Å². The molecule has 2 saturated carbocycles. The van der Waals surface area contributed by atoms with Crippen LogP contribution in [0.5, 0.6) is 0 Å². The summed E-state index contributed by atoms with van der Waals surface area (Å²) in [5.74, 6) is 1.30. The van der Waals surface area contributed by atoms with Crippen LogP contribution in [-0.4, -0.2) is 17.3 Å². The third-order valence-electron chi connectivity index (χ3n) is 4.16. The Morgan fingerprint density at radius 3 is 2.11 bits per heavy atom. The van der Waals surface area contributed by atoms with Crippen LogP contribution in [0.25, 0.3) is 0 Å².